The van der Waals surface area contributed by atoms with E-state index in [1.165, 1.54) is 24.3 Å². The molecule has 0 radical (unpaired) electrons. The molecular weight excluding hydrogens is 355 g/mol. The molecule has 1 aromatic rings. The number of carbonyl (C=O) groups is 3. The van der Waals surface area contributed by atoms with Crippen LogP contribution in [0.4, 0.5) is 9.18 Å². The predicted octanol–water partition coefficient (Wildman–Crippen LogP) is 2.12. The Bertz CT molecular complexity index is 699. The molecule has 0 aromatic heterocycles. The molecule has 1 saturated heterocycles. The highest BCUT2D eigenvalue weighted by Gasteiger charge is 2.24. The third-order valence-corrected chi connectivity index (χ3v) is 3.99. The summed E-state index contributed by atoms with van der Waals surface area (Å²) in [7, 11) is 0. The van der Waals surface area contributed by atoms with Crippen molar-refractivity contribution in [3.05, 3.63) is 41.7 Å². The van der Waals surface area contributed by atoms with Crippen molar-refractivity contribution < 1.29 is 28.2 Å². The third-order valence-electron chi connectivity index (χ3n) is 3.99. The molecule has 1 heterocycles. The normalized spacial score (nSPS) is 14.8. The molecule has 1 aromatic carbocycles. The van der Waals surface area contributed by atoms with E-state index in [0.717, 1.165) is 6.08 Å². The highest BCUT2D eigenvalue weighted by Crippen LogP contribution is 2.11. The molecule has 1 aliphatic rings. The number of likely N-dealkylation sites (tertiary alicyclic amines) is 1. The molecule has 7 nitrogen and oxygen atoms in total. The van der Waals surface area contributed by atoms with Crippen LogP contribution in [0.25, 0.3) is 6.08 Å². The Hall–Kier alpha value is -2.90. The van der Waals surface area contributed by atoms with E-state index in [2.05, 4.69) is 5.32 Å². The zero-order valence-corrected chi connectivity index (χ0v) is 15.2. The first-order valence-electron chi connectivity index (χ1n) is 8.79. The Morgan fingerprint density at radius 3 is 2.67 bits per heavy atom. The van der Waals surface area contributed by atoms with E-state index < -0.39 is 24.3 Å². The molecule has 0 bridgehead atoms. The van der Waals surface area contributed by atoms with Gasteiger partial charge in [-0.2, -0.15) is 0 Å². The number of nitrogens with zero attached hydrogens (tertiary/aromatic N) is 1. The van der Waals surface area contributed by atoms with Crippen molar-refractivity contribution in [3.63, 3.8) is 0 Å². The third kappa shape index (κ3) is 7.08. The van der Waals surface area contributed by atoms with Crippen LogP contribution in [0.2, 0.25) is 0 Å². The number of rotatable bonds is 6. The van der Waals surface area contributed by atoms with Crippen LogP contribution in [0.3, 0.4) is 0 Å². The van der Waals surface area contributed by atoms with Crippen molar-refractivity contribution in [2.24, 2.45) is 0 Å². The fourth-order valence-electron chi connectivity index (χ4n) is 2.65. The molecule has 0 aliphatic carbocycles. The number of benzene rings is 1. The van der Waals surface area contributed by atoms with Gasteiger partial charge in [0.15, 0.2) is 6.61 Å². The summed E-state index contributed by atoms with van der Waals surface area (Å²) in [5.74, 6) is -1.50. The minimum atomic E-state index is -0.688. The maximum atomic E-state index is 13.0. The average molecular weight is 378 g/mol. The summed E-state index contributed by atoms with van der Waals surface area (Å²) < 4.78 is 22.9. The molecule has 0 spiro atoms. The van der Waals surface area contributed by atoms with E-state index in [1.54, 1.807) is 17.9 Å². The van der Waals surface area contributed by atoms with Crippen molar-refractivity contribution in [1.82, 2.24) is 10.2 Å². The minimum absolute atomic E-state index is 0.0790. The molecule has 146 valence electrons. The zero-order chi connectivity index (χ0) is 19.6. The number of hydrogen-bond acceptors (Lipinski definition) is 5. The van der Waals surface area contributed by atoms with Crippen molar-refractivity contribution >= 4 is 24.0 Å². The summed E-state index contributed by atoms with van der Waals surface area (Å²) in [6.45, 7) is 2.68. The van der Waals surface area contributed by atoms with Crippen LogP contribution in [0.5, 0.6) is 0 Å². The van der Waals surface area contributed by atoms with Gasteiger partial charge >= 0.3 is 12.1 Å². The van der Waals surface area contributed by atoms with Gasteiger partial charge in [-0.15, -0.1) is 0 Å². The van der Waals surface area contributed by atoms with Crippen LogP contribution < -0.4 is 5.32 Å². The number of hydrogen-bond donors (Lipinski definition) is 1. The molecule has 0 unspecified atom stereocenters. The Morgan fingerprint density at radius 1 is 1.26 bits per heavy atom. The number of nitrogens with one attached hydrogen (secondary N) is 1. The van der Waals surface area contributed by atoms with E-state index in [1.807, 2.05) is 0 Å². The van der Waals surface area contributed by atoms with E-state index in [4.69, 9.17) is 9.47 Å². The van der Waals surface area contributed by atoms with Gasteiger partial charge in [0, 0.05) is 25.2 Å². The SMILES string of the molecule is CCOC(=O)N1CCC(NC(=O)COC(=O)/C=C/c2cccc(F)c2)CC1. The summed E-state index contributed by atoms with van der Waals surface area (Å²) in [4.78, 5) is 36.7. The molecule has 0 saturated carbocycles. The second-order valence-corrected chi connectivity index (χ2v) is 6.02. The van der Waals surface area contributed by atoms with E-state index in [-0.39, 0.29) is 12.1 Å². The van der Waals surface area contributed by atoms with Crippen molar-refractivity contribution in [2.75, 3.05) is 26.3 Å². The maximum absolute atomic E-state index is 13.0. The number of amides is 2. The van der Waals surface area contributed by atoms with Crippen LogP contribution in [0.1, 0.15) is 25.3 Å². The second kappa shape index (κ2) is 10.3. The minimum Gasteiger partial charge on any atom is -0.452 e. The second-order valence-electron chi connectivity index (χ2n) is 6.02. The zero-order valence-electron chi connectivity index (χ0n) is 15.2. The van der Waals surface area contributed by atoms with Crippen LogP contribution in [-0.4, -0.2) is 55.2 Å². The lowest BCUT2D eigenvalue weighted by atomic mass is 10.1. The highest BCUT2D eigenvalue weighted by atomic mass is 19.1. The van der Waals surface area contributed by atoms with Crippen molar-refractivity contribution in [3.8, 4) is 0 Å². The maximum Gasteiger partial charge on any atom is 0.409 e. The Kier molecular flexibility index (Phi) is 7.79. The molecule has 1 aliphatic heterocycles. The lowest BCUT2D eigenvalue weighted by Gasteiger charge is -2.31. The first-order chi connectivity index (χ1) is 13.0. The summed E-state index contributed by atoms with van der Waals surface area (Å²) in [5, 5.41) is 2.78. The van der Waals surface area contributed by atoms with Gasteiger partial charge in [-0.05, 0) is 43.5 Å². The first kappa shape index (κ1) is 20.4. The number of esters is 1. The lowest BCUT2D eigenvalue weighted by molar-refractivity contribution is -0.144. The number of halogens is 1. The van der Waals surface area contributed by atoms with Crippen LogP contribution in [0.15, 0.2) is 30.3 Å². The highest BCUT2D eigenvalue weighted by molar-refractivity contribution is 5.89. The quantitative estimate of drug-likeness (QED) is 0.605. The molecule has 2 rings (SSSR count). The molecule has 1 fully saturated rings. The van der Waals surface area contributed by atoms with Gasteiger partial charge in [-0.1, -0.05) is 12.1 Å². The van der Waals surface area contributed by atoms with E-state index in [0.29, 0.717) is 38.1 Å². The van der Waals surface area contributed by atoms with E-state index >= 15 is 0 Å². The van der Waals surface area contributed by atoms with E-state index in [9.17, 15) is 18.8 Å². The summed E-state index contributed by atoms with van der Waals surface area (Å²) in [6, 6.07) is 5.67. The average Bonchev–Trinajstić information content (AvgIpc) is 2.65. The predicted molar refractivity (Wildman–Crippen MR) is 96.2 cm³/mol. The summed E-state index contributed by atoms with van der Waals surface area (Å²) in [6.07, 6.45) is 3.42. The Labute approximate surface area is 157 Å². The molecule has 0 atom stereocenters. The molecular formula is C19H23FN2O5. The Morgan fingerprint density at radius 2 is 2.00 bits per heavy atom. The van der Waals surface area contributed by atoms with Gasteiger partial charge < -0.3 is 19.7 Å². The Balaban J connectivity index is 1.67. The molecule has 8 heteroatoms. The lowest BCUT2D eigenvalue weighted by Crippen LogP contribution is -2.47. The number of carbonyl (C=O) groups excluding carboxylic acids is 3. The fraction of sp³-hybridized carbons (Fsp3) is 0.421. The summed E-state index contributed by atoms with van der Waals surface area (Å²) >= 11 is 0. The van der Waals surface area contributed by atoms with Gasteiger partial charge in [-0.3, -0.25) is 4.79 Å². The molecule has 1 N–H and O–H groups in total. The van der Waals surface area contributed by atoms with Crippen LogP contribution in [-0.2, 0) is 19.1 Å². The topological polar surface area (TPSA) is 84.9 Å². The van der Waals surface area contributed by atoms with Gasteiger partial charge in [0.25, 0.3) is 5.91 Å². The smallest absolute Gasteiger partial charge is 0.409 e. The van der Waals surface area contributed by atoms with Gasteiger partial charge in [0.05, 0.1) is 6.61 Å². The number of piperidine rings is 1. The molecule has 27 heavy (non-hydrogen) atoms. The van der Waals surface area contributed by atoms with Crippen LogP contribution >= 0.6 is 0 Å². The largest absolute Gasteiger partial charge is 0.452 e. The standard InChI is InChI=1S/C19H23FN2O5/c1-2-26-19(25)22-10-8-16(9-11-22)21-17(23)13-27-18(24)7-6-14-4-3-5-15(20)12-14/h3-7,12,16H,2,8-11,13H2,1H3,(H,21,23)/b7-6+. The van der Waals surface area contributed by atoms with Gasteiger partial charge in [0.2, 0.25) is 0 Å². The number of ether oxygens (including phenoxy) is 2. The van der Waals surface area contributed by atoms with Gasteiger partial charge in [0.1, 0.15) is 5.82 Å². The first-order valence-corrected chi connectivity index (χ1v) is 8.79. The fourth-order valence-corrected chi connectivity index (χ4v) is 2.65. The molecule has 2 amide bonds. The van der Waals surface area contributed by atoms with Crippen molar-refractivity contribution in [1.29, 1.82) is 0 Å². The van der Waals surface area contributed by atoms with Crippen molar-refractivity contribution in [2.45, 2.75) is 25.8 Å². The van der Waals surface area contributed by atoms with Gasteiger partial charge in [-0.25, -0.2) is 14.0 Å². The summed E-state index contributed by atoms with van der Waals surface area (Å²) in [5.41, 5.74) is 0.518. The van der Waals surface area contributed by atoms with Crippen LogP contribution in [0, 0.1) is 5.82 Å². The monoisotopic (exact) mass is 378 g/mol.